The Morgan fingerprint density at radius 1 is 1.19 bits per heavy atom. The van der Waals surface area contributed by atoms with Gasteiger partial charge in [0.2, 0.25) is 5.91 Å². The van der Waals surface area contributed by atoms with Crippen LogP contribution in [-0.4, -0.2) is 35.6 Å². The Balaban J connectivity index is 3.70. The molecule has 0 aromatic rings. The monoisotopic (exact) mass is 284 g/mol. The third-order valence-corrected chi connectivity index (χ3v) is 3.87. The minimum Gasteiger partial charge on any atom is -0.273 e. The number of hydrogen-bond donors (Lipinski definition) is 0. The highest BCUT2D eigenvalue weighted by atomic mass is 16.2. The third-order valence-electron chi connectivity index (χ3n) is 3.87. The smallest absolute Gasteiger partial charge is 0.262 e. The number of nitrogens with zero attached hydrogens (tertiary/aromatic N) is 6. The fourth-order valence-electron chi connectivity index (χ4n) is 2.96. The molecule has 1 atom stereocenters. The van der Waals surface area contributed by atoms with Crippen LogP contribution in [0.15, 0.2) is 0 Å². The summed E-state index contributed by atoms with van der Waals surface area (Å²) in [6.07, 6.45) is 1.05. The Morgan fingerprint density at radius 3 is 2.05 bits per heavy atom. The van der Waals surface area contributed by atoms with Gasteiger partial charge in [-0.2, -0.15) is 21.0 Å². The summed E-state index contributed by atoms with van der Waals surface area (Å²) in [5, 5.41) is 40.5. The number of amides is 1. The van der Waals surface area contributed by atoms with Crippen LogP contribution in [-0.2, 0) is 4.79 Å². The van der Waals surface area contributed by atoms with Crippen LogP contribution in [0.4, 0.5) is 0 Å². The van der Waals surface area contributed by atoms with Crippen molar-refractivity contribution in [2.75, 3.05) is 14.1 Å². The first kappa shape index (κ1) is 16.4. The molecule has 1 amide bonds. The molecule has 1 rings (SSSR count). The van der Waals surface area contributed by atoms with Gasteiger partial charge < -0.3 is 0 Å². The molecular formula is C14H16N6O. The molecule has 1 fully saturated rings. The average Bonchev–Trinajstić information content (AvgIpc) is 2.46. The number of hydrogen-bond acceptors (Lipinski definition) is 6. The van der Waals surface area contributed by atoms with Gasteiger partial charge in [0.05, 0.1) is 12.1 Å². The van der Waals surface area contributed by atoms with E-state index in [2.05, 4.69) is 0 Å². The number of carbonyl (C=O) groups is 1. The zero-order chi connectivity index (χ0) is 16.3. The molecule has 0 bridgehead atoms. The second-order valence-corrected chi connectivity index (χ2v) is 5.21. The second kappa shape index (κ2) is 5.80. The predicted molar refractivity (Wildman–Crippen MR) is 71.2 cm³/mol. The summed E-state index contributed by atoms with van der Waals surface area (Å²) in [4.78, 5) is 12.3. The molecule has 7 heteroatoms. The first-order valence-electron chi connectivity index (χ1n) is 6.56. The highest BCUT2D eigenvalue weighted by Crippen LogP contribution is 2.49. The van der Waals surface area contributed by atoms with Gasteiger partial charge in [0, 0.05) is 26.4 Å². The van der Waals surface area contributed by atoms with Crippen LogP contribution in [0.3, 0.4) is 0 Å². The molecule has 1 saturated heterocycles. The van der Waals surface area contributed by atoms with E-state index in [9.17, 15) is 25.8 Å². The van der Waals surface area contributed by atoms with Gasteiger partial charge in [0.1, 0.15) is 12.1 Å². The minimum atomic E-state index is -2.14. The van der Waals surface area contributed by atoms with Gasteiger partial charge in [0.15, 0.2) is 5.41 Å². The predicted octanol–water partition coefficient (Wildman–Crippen LogP) is 0.931. The van der Waals surface area contributed by atoms with Crippen molar-refractivity contribution in [1.29, 1.82) is 21.0 Å². The van der Waals surface area contributed by atoms with Gasteiger partial charge in [-0.25, -0.2) is 10.0 Å². The molecule has 0 aromatic heterocycles. The van der Waals surface area contributed by atoms with Gasteiger partial charge in [0.25, 0.3) is 5.54 Å². The van der Waals surface area contributed by atoms with Gasteiger partial charge >= 0.3 is 0 Å². The molecule has 1 heterocycles. The Morgan fingerprint density at radius 2 is 1.71 bits per heavy atom. The topological polar surface area (TPSA) is 119 Å². The van der Waals surface area contributed by atoms with Crippen LogP contribution in [0.5, 0.6) is 0 Å². The van der Waals surface area contributed by atoms with Crippen LogP contribution >= 0.6 is 0 Å². The molecule has 1 aliphatic heterocycles. The van der Waals surface area contributed by atoms with E-state index in [-0.39, 0.29) is 6.42 Å². The van der Waals surface area contributed by atoms with Crippen molar-refractivity contribution < 1.29 is 4.79 Å². The summed E-state index contributed by atoms with van der Waals surface area (Å²) in [5.41, 5.74) is -4.01. The molecule has 1 unspecified atom stereocenters. The number of piperidine rings is 1. The first-order chi connectivity index (χ1) is 9.90. The summed E-state index contributed by atoms with van der Waals surface area (Å²) < 4.78 is 0. The molecule has 7 nitrogen and oxygen atoms in total. The van der Waals surface area contributed by atoms with Crippen LogP contribution in [0.1, 0.15) is 26.2 Å². The van der Waals surface area contributed by atoms with Crippen molar-refractivity contribution in [2.45, 2.75) is 31.7 Å². The summed E-state index contributed by atoms with van der Waals surface area (Å²) >= 11 is 0. The lowest BCUT2D eigenvalue weighted by atomic mass is 9.59. The highest BCUT2D eigenvalue weighted by molar-refractivity contribution is 5.81. The van der Waals surface area contributed by atoms with Crippen molar-refractivity contribution in [3.05, 3.63) is 0 Å². The molecule has 0 spiro atoms. The molecular weight excluding hydrogens is 268 g/mol. The van der Waals surface area contributed by atoms with Gasteiger partial charge in [-0.1, -0.05) is 13.3 Å². The molecule has 0 aliphatic carbocycles. The van der Waals surface area contributed by atoms with Crippen molar-refractivity contribution >= 4 is 5.91 Å². The number of hydrazine groups is 1. The maximum absolute atomic E-state index is 12.3. The standard InChI is InChI=1S/C14H16N6O/c1-4-5-11-6-12(21)20(19(2)3)14(9-17,10-18)13(11,7-15)8-16/h11H,4-6H2,1-3H3. The Labute approximate surface area is 124 Å². The Bertz CT molecular complexity index is 569. The fourth-order valence-corrected chi connectivity index (χ4v) is 2.96. The van der Waals surface area contributed by atoms with Crippen LogP contribution in [0, 0.1) is 56.7 Å². The molecule has 21 heavy (non-hydrogen) atoms. The minimum absolute atomic E-state index is 0.0295. The lowest BCUT2D eigenvalue weighted by molar-refractivity contribution is -0.168. The Hall–Kier alpha value is -2.61. The molecule has 0 aromatic carbocycles. The largest absolute Gasteiger partial charge is 0.273 e. The first-order valence-corrected chi connectivity index (χ1v) is 6.56. The van der Waals surface area contributed by atoms with Crippen molar-refractivity contribution in [2.24, 2.45) is 11.3 Å². The summed E-state index contributed by atoms with van der Waals surface area (Å²) in [7, 11) is 3.00. The van der Waals surface area contributed by atoms with Crippen molar-refractivity contribution in [1.82, 2.24) is 10.0 Å². The summed E-state index contributed by atoms with van der Waals surface area (Å²) in [6.45, 7) is 1.86. The molecule has 108 valence electrons. The zero-order valence-electron chi connectivity index (χ0n) is 12.3. The summed E-state index contributed by atoms with van der Waals surface area (Å²) in [6, 6.07) is 7.28. The van der Waals surface area contributed by atoms with E-state index < -0.39 is 22.8 Å². The van der Waals surface area contributed by atoms with Crippen LogP contribution in [0.2, 0.25) is 0 Å². The van der Waals surface area contributed by atoms with E-state index in [0.717, 1.165) is 5.01 Å². The van der Waals surface area contributed by atoms with Crippen molar-refractivity contribution in [3.8, 4) is 24.3 Å². The Kier molecular flexibility index (Phi) is 4.54. The van der Waals surface area contributed by atoms with E-state index in [4.69, 9.17) is 0 Å². The SMILES string of the molecule is CCCC1CC(=O)N(N(C)C)C(C#N)(C#N)C1(C#N)C#N. The van der Waals surface area contributed by atoms with E-state index in [0.29, 0.717) is 12.8 Å². The van der Waals surface area contributed by atoms with Gasteiger partial charge in [-0.05, 0) is 6.42 Å². The summed E-state index contributed by atoms with van der Waals surface area (Å²) in [5.74, 6) is -1.07. The third kappa shape index (κ3) is 2.00. The van der Waals surface area contributed by atoms with Crippen LogP contribution < -0.4 is 0 Å². The van der Waals surface area contributed by atoms with E-state index in [1.54, 1.807) is 12.1 Å². The normalized spacial score (nSPS) is 22.8. The van der Waals surface area contributed by atoms with Gasteiger partial charge in [-0.3, -0.25) is 4.79 Å². The maximum atomic E-state index is 12.3. The van der Waals surface area contributed by atoms with E-state index in [1.165, 1.54) is 19.1 Å². The average molecular weight is 284 g/mol. The fraction of sp³-hybridized carbons (Fsp3) is 0.643. The van der Waals surface area contributed by atoms with Gasteiger partial charge in [-0.15, -0.1) is 0 Å². The second-order valence-electron chi connectivity index (χ2n) is 5.21. The van der Waals surface area contributed by atoms with Crippen molar-refractivity contribution in [3.63, 3.8) is 0 Å². The molecule has 0 radical (unpaired) electrons. The highest BCUT2D eigenvalue weighted by Gasteiger charge is 2.67. The van der Waals surface area contributed by atoms with E-state index in [1.807, 2.05) is 19.1 Å². The lowest BCUT2D eigenvalue weighted by Gasteiger charge is -2.50. The number of rotatable bonds is 3. The van der Waals surface area contributed by atoms with E-state index >= 15 is 0 Å². The zero-order valence-corrected chi connectivity index (χ0v) is 12.3. The number of nitriles is 4. The molecule has 0 N–H and O–H groups in total. The van der Waals surface area contributed by atoms with Crippen LogP contribution in [0.25, 0.3) is 0 Å². The lowest BCUT2D eigenvalue weighted by Crippen LogP contribution is -2.69. The molecule has 0 saturated carbocycles. The quantitative estimate of drug-likeness (QED) is 0.760. The number of carbonyl (C=O) groups excluding carboxylic acids is 1. The molecule has 1 aliphatic rings. The maximum Gasteiger partial charge on any atom is 0.262 e.